The number of carboxylic acid groups (broad SMARTS) is 1. The van der Waals surface area contributed by atoms with Gasteiger partial charge in [0.25, 0.3) is 0 Å². The maximum atomic E-state index is 13.0. The van der Waals surface area contributed by atoms with Crippen molar-refractivity contribution in [1.82, 2.24) is 5.32 Å². The van der Waals surface area contributed by atoms with Crippen LogP contribution in [0.25, 0.3) is 0 Å². The Morgan fingerprint density at radius 2 is 1.76 bits per heavy atom. The third kappa shape index (κ3) is 6.79. The Kier molecular flexibility index (Phi) is 8.46. The molecule has 1 atom stereocenters. The van der Waals surface area contributed by atoms with Gasteiger partial charge in [0.2, 0.25) is 9.84 Å². The van der Waals surface area contributed by atoms with Crippen LogP contribution in [0, 0.1) is 0 Å². The number of sulfone groups is 1. The van der Waals surface area contributed by atoms with E-state index >= 15 is 0 Å². The molecule has 1 unspecified atom stereocenters. The van der Waals surface area contributed by atoms with E-state index in [1.807, 2.05) is 6.07 Å². The monoisotopic (exact) mass is 489 g/mol. The maximum Gasteiger partial charge on any atom is 0.341 e. The van der Waals surface area contributed by atoms with Crippen molar-refractivity contribution in [2.24, 2.45) is 0 Å². The van der Waals surface area contributed by atoms with Gasteiger partial charge in [-0.3, -0.25) is 0 Å². The lowest BCUT2D eigenvalue weighted by molar-refractivity contribution is -0.139. The highest BCUT2D eigenvalue weighted by molar-refractivity contribution is 7.91. The molecular formula is C24H24ClNO6S. The molecule has 0 bridgehead atoms. The van der Waals surface area contributed by atoms with Gasteiger partial charge in [0.15, 0.2) is 6.61 Å². The molecule has 3 aromatic rings. The SMILES string of the molecule is O=C(O)COc1ccccc1S(=O)(=O)c1ccc(CCNCC(O)c2cccc(Cl)c2)cc1. The molecule has 33 heavy (non-hydrogen) atoms. The summed E-state index contributed by atoms with van der Waals surface area (Å²) < 4.78 is 31.2. The summed E-state index contributed by atoms with van der Waals surface area (Å²) in [5, 5.41) is 22.8. The minimum absolute atomic E-state index is 0.00793. The largest absolute Gasteiger partial charge is 0.481 e. The normalized spacial score (nSPS) is 12.3. The number of rotatable bonds is 11. The van der Waals surface area contributed by atoms with Gasteiger partial charge in [0.05, 0.1) is 11.0 Å². The summed E-state index contributed by atoms with van der Waals surface area (Å²) in [5.41, 5.74) is 1.66. The maximum absolute atomic E-state index is 13.0. The number of aliphatic hydroxyl groups is 1. The minimum atomic E-state index is -3.88. The van der Waals surface area contributed by atoms with Crippen LogP contribution in [0.5, 0.6) is 5.75 Å². The second kappa shape index (κ2) is 11.3. The third-order valence-electron chi connectivity index (χ3n) is 4.89. The lowest BCUT2D eigenvalue weighted by Crippen LogP contribution is -2.23. The van der Waals surface area contributed by atoms with Crippen LogP contribution in [-0.4, -0.2) is 44.3 Å². The highest BCUT2D eigenvalue weighted by Gasteiger charge is 2.22. The molecule has 3 N–H and O–H groups in total. The van der Waals surface area contributed by atoms with Gasteiger partial charge in [0.1, 0.15) is 10.6 Å². The summed E-state index contributed by atoms with van der Waals surface area (Å²) in [6, 6.07) is 19.5. The lowest BCUT2D eigenvalue weighted by Gasteiger charge is -2.13. The lowest BCUT2D eigenvalue weighted by atomic mass is 10.1. The van der Waals surface area contributed by atoms with Crippen molar-refractivity contribution in [3.05, 3.63) is 88.9 Å². The molecule has 0 aromatic heterocycles. The fraction of sp³-hybridized carbons (Fsp3) is 0.208. The molecule has 0 heterocycles. The molecule has 3 rings (SSSR count). The first-order valence-corrected chi connectivity index (χ1v) is 12.1. The zero-order valence-corrected chi connectivity index (χ0v) is 19.2. The molecule has 174 valence electrons. The summed E-state index contributed by atoms with van der Waals surface area (Å²) in [5.74, 6) is -1.20. The average Bonchev–Trinajstić information content (AvgIpc) is 2.81. The summed E-state index contributed by atoms with van der Waals surface area (Å²) in [7, 11) is -3.88. The summed E-state index contributed by atoms with van der Waals surface area (Å²) in [6.07, 6.45) is -0.0411. The fourth-order valence-electron chi connectivity index (χ4n) is 3.20. The van der Waals surface area contributed by atoms with E-state index in [-0.39, 0.29) is 15.5 Å². The van der Waals surface area contributed by atoms with Crippen LogP contribution in [0.15, 0.2) is 82.6 Å². The minimum Gasteiger partial charge on any atom is -0.481 e. The van der Waals surface area contributed by atoms with Crippen molar-refractivity contribution in [3.63, 3.8) is 0 Å². The van der Waals surface area contributed by atoms with Crippen molar-refractivity contribution >= 4 is 27.4 Å². The predicted molar refractivity (Wildman–Crippen MR) is 124 cm³/mol. The molecule has 0 amide bonds. The van der Waals surface area contributed by atoms with Crippen LogP contribution < -0.4 is 10.1 Å². The Bertz CT molecular complexity index is 1200. The Morgan fingerprint density at radius 3 is 2.45 bits per heavy atom. The number of carbonyl (C=O) groups is 1. The highest BCUT2D eigenvalue weighted by Crippen LogP contribution is 2.29. The first-order chi connectivity index (χ1) is 15.8. The van der Waals surface area contributed by atoms with Gasteiger partial charge in [0, 0.05) is 11.6 Å². The number of aliphatic carboxylic acids is 1. The highest BCUT2D eigenvalue weighted by atomic mass is 35.5. The molecule has 9 heteroatoms. The predicted octanol–water partition coefficient (Wildman–Crippen LogP) is 3.50. The Balaban J connectivity index is 1.59. The van der Waals surface area contributed by atoms with Crippen LogP contribution in [0.1, 0.15) is 17.2 Å². The number of halogens is 1. The summed E-state index contributed by atoms with van der Waals surface area (Å²) >= 11 is 5.95. The first kappa shape index (κ1) is 24.7. The van der Waals surface area contributed by atoms with E-state index in [4.69, 9.17) is 21.4 Å². The van der Waals surface area contributed by atoms with Crippen molar-refractivity contribution in [2.45, 2.75) is 22.3 Å². The topological polar surface area (TPSA) is 113 Å². The van der Waals surface area contributed by atoms with Crippen LogP contribution in [-0.2, 0) is 21.1 Å². The number of aliphatic hydroxyl groups excluding tert-OH is 1. The number of nitrogens with one attached hydrogen (secondary N) is 1. The molecule has 0 saturated carbocycles. The number of benzene rings is 3. The van der Waals surface area contributed by atoms with Gasteiger partial charge in [-0.25, -0.2) is 13.2 Å². The van der Waals surface area contributed by atoms with E-state index in [9.17, 15) is 18.3 Å². The smallest absolute Gasteiger partial charge is 0.341 e. The Hall–Kier alpha value is -2.91. The van der Waals surface area contributed by atoms with E-state index in [2.05, 4.69) is 5.32 Å². The van der Waals surface area contributed by atoms with Gasteiger partial charge in [-0.1, -0.05) is 48.0 Å². The molecule has 0 saturated heterocycles. The van der Waals surface area contributed by atoms with E-state index in [0.717, 1.165) is 11.1 Å². The van der Waals surface area contributed by atoms with Crippen LogP contribution in [0.3, 0.4) is 0 Å². The Labute approximate surface area is 197 Å². The number of hydrogen-bond donors (Lipinski definition) is 3. The molecular weight excluding hydrogens is 466 g/mol. The van der Waals surface area contributed by atoms with Gasteiger partial charge in [-0.15, -0.1) is 0 Å². The Morgan fingerprint density at radius 1 is 1.03 bits per heavy atom. The van der Waals surface area contributed by atoms with Gasteiger partial charge < -0.3 is 20.3 Å². The van der Waals surface area contributed by atoms with Crippen molar-refractivity contribution in [1.29, 1.82) is 0 Å². The van der Waals surface area contributed by atoms with E-state index < -0.39 is 28.5 Å². The van der Waals surface area contributed by atoms with Crippen molar-refractivity contribution in [2.75, 3.05) is 19.7 Å². The number of ether oxygens (including phenoxy) is 1. The molecule has 0 aliphatic rings. The van der Waals surface area contributed by atoms with Crippen molar-refractivity contribution < 1.29 is 28.2 Å². The van der Waals surface area contributed by atoms with Crippen LogP contribution in [0.4, 0.5) is 0 Å². The van der Waals surface area contributed by atoms with Crippen LogP contribution in [0.2, 0.25) is 5.02 Å². The molecule has 0 aliphatic carbocycles. The third-order valence-corrected chi connectivity index (χ3v) is 6.93. The zero-order valence-electron chi connectivity index (χ0n) is 17.6. The summed E-state index contributed by atoms with van der Waals surface area (Å²) in [4.78, 5) is 10.8. The molecule has 3 aromatic carbocycles. The number of carboxylic acids is 1. The molecule has 7 nitrogen and oxygen atoms in total. The number of para-hydroxylation sites is 1. The fourth-order valence-corrected chi connectivity index (χ4v) is 4.79. The van der Waals surface area contributed by atoms with E-state index in [0.29, 0.717) is 24.5 Å². The second-order valence-electron chi connectivity index (χ2n) is 7.30. The van der Waals surface area contributed by atoms with Gasteiger partial charge in [-0.05, 0) is 60.5 Å². The number of hydrogen-bond acceptors (Lipinski definition) is 6. The zero-order chi connectivity index (χ0) is 23.8. The quantitative estimate of drug-likeness (QED) is 0.353. The molecule has 0 aliphatic heterocycles. The second-order valence-corrected chi connectivity index (χ2v) is 9.66. The van der Waals surface area contributed by atoms with E-state index in [1.54, 1.807) is 42.5 Å². The molecule has 0 fully saturated rings. The molecule has 0 radical (unpaired) electrons. The molecule has 0 spiro atoms. The van der Waals surface area contributed by atoms with Gasteiger partial charge >= 0.3 is 5.97 Å². The van der Waals surface area contributed by atoms with Crippen LogP contribution >= 0.6 is 11.6 Å². The first-order valence-electron chi connectivity index (χ1n) is 10.2. The van der Waals surface area contributed by atoms with Crippen molar-refractivity contribution in [3.8, 4) is 5.75 Å². The summed E-state index contributed by atoms with van der Waals surface area (Å²) in [6.45, 7) is 0.319. The van der Waals surface area contributed by atoms with E-state index in [1.165, 1.54) is 24.3 Å². The standard InChI is InChI=1S/C24H24ClNO6S/c25-19-5-3-4-18(14-19)21(27)15-26-13-12-17-8-10-20(11-9-17)33(30,31)23-7-2-1-6-22(23)32-16-24(28)29/h1-11,14,21,26-27H,12-13,15-16H2,(H,28,29). The average molecular weight is 490 g/mol. The van der Waals surface area contributed by atoms with Gasteiger partial charge in [-0.2, -0.15) is 0 Å².